The van der Waals surface area contributed by atoms with Gasteiger partial charge in [0.1, 0.15) is 11.5 Å². The number of carbonyl (C=O) groups excluding carboxylic acids is 1. The van der Waals surface area contributed by atoms with Crippen LogP contribution in [0.2, 0.25) is 0 Å². The lowest BCUT2D eigenvalue weighted by atomic mass is 10.1. The van der Waals surface area contributed by atoms with Gasteiger partial charge in [-0.05, 0) is 36.6 Å². The van der Waals surface area contributed by atoms with E-state index in [0.29, 0.717) is 5.82 Å². The molecule has 0 fully saturated rings. The monoisotopic (exact) mass is 334 g/mol. The number of aromatic nitrogens is 3. The summed E-state index contributed by atoms with van der Waals surface area (Å²) in [6.07, 6.45) is 2.52. The molecule has 0 radical (unpaired) electrons. The van der Waals surface area contributed by atoms with E-state index in [4.69, 9.17) is 0 Å². The molecular formula is C19H18N4O2. The van der Waals surface area contributed by atoms with Gasteiger partial charge in [0.25, 0.3) is 11.5 Å². The third kappa shape index (κ3) is 4.17. The Hall–Kier alpha value is -3.28. The molecule has 0 saturated heterocycles. The molecule has 0 atom stereocenters. The van der Waals surface area contributed by atoms with Crippen LogP contribution in [0.5, 0.6) is 0 Å². The topological polar surface area (TPSA) is 76.9 Å². The Kier molecular flexibility index (Phi) is 4.70. The number of carbonyl (C=O) groups is 1. The van der Waals surface area contributed by atoms with Crippen molar-refractivity contribution in [2.45, 2.75) is 13.3 Å². The lowest BCUT2D eigenvalue weighted by Gasteiger charge is -2.06. The summed E-state index contributed by atoms with van der Waals surface area (Å²) < 4.78 is 1.12. The average Bonchev–Trinajstić information content (AvgIpc) is 2.61. The second-order valence-corrected chi connectivity index (χ2v) is 5.85. The van der Waals surface area contributed by atoms with Gasteiger partial charge >= 0.3 is 0 Å². The van der Waals surface area contributed by atoms with Gasteiger partial charge in [0.15, 0.2) is 0 Å². The Balaban J connectivity index is 1.67. The highest BCUT2D eigenvalue weighted by atomic mass is 16.2. The second-order valence-electron chi connectivity index (χ2n) is 5.85. The van der Waals surface area contributed by atoms with Crippen molar-refractivity contribution in [2.24, 2.45) is 7.05 Å². The van der Waals surface area contributed by atoms with E-state index in [-0.39, 0.29) is 11.3 Å². The van der Waals surface area contributed by atoms with Crippen LogP contribution in [-0.2, 0) is 13.5 Å². The van der Waals surface area contributed by atoms with Gasteiger partial charge in [-0.2, -0.15) is 5.10 Å². The Morgan fingerprint density at radius 2 is 1.76 bits per heavy atom. The summed E-state index contributed by atoms with van der Waals surface area (Å²) in [4.78, 5) is 27.7. The first kappa shape index (κ1) is 16.6. The summed E-state index contributed by atoms with van der Waals surface area (Å²) in [7, 11) is 1.50. The standard InChI is InChI=1S/C19H18N4O2/c1-13-3-5-14(6-4-13)11-15-7-9-17(20-12-15)21-19(25)16-8-10-18(24)23(2)22-16/h3-10,12H,11H2,1-2H3,(H,20,21,25). The van der Waals surface area contributed by atoms with Crippen molar-refractivity contribution < 1.29 is 4.79 Å². The molecule has 2 aromatic heterocycles. The first-order valence-corrected chi connectivity index (χ1v) is 7.87. The molecule has 2 heterocycles. The zero-order chi connectivity index (χ0) is 17.8. The molecule has 0 aliphatic heterocycles. The predicted molar refractivity (Wildman–Crippen MR) is 95.7 cm³/mol. The van der Waals surface area contributed by atoms with Crippen LogP contribution >= 0.6 is 0 Å². The minimum Gasteiger partial charge on any atom is -0.305 e. The summed E-state index contributed by atoms with van der Waals surface area (Å²) in [5.41, 5.74) is 3.38. The van der Waals surface area contributed by atoms with Crippen LogP contribution in [0.25, 0.3) is 0 Å². The number of hydrogen-bond acceptors (Lipinski definition) is 4. The average molecular weight is 334 g/mol. The summed E-state index contributed by atoms with van der Waals surface area (Å²) in [6, 6.07) is 14.7. The van der Waals surface area contributed by atoms with Crippen LogP contribution in [0, 0.1) is 6.92 Å². The second kappa shape index (κ2) is 7.09. The molecule has 1 aromatic carbocycles. The van der Waals surface area contributed by atoms with Crippen LogP contribution < -0.4 is 10.9 Å². The molecule has 0 unspecified atom stereocenters. The normalized spacial score (nSPS) is 10.5. The predicted octanol–water partition coefficient (Wildman–Crippen LogP) is 2.33. The molecule has 1 N–H and O–H groups in total. The summed E-state index contributed by atoms with van der Waals surface area (Å²) in [5, 5.41) is 6.59. The van der Waals surface area contributed by atoms with Crippen LogP contribution in [0.3, 0.4) is 0 Å². The Labute approximate surface area is 145 Å². The first-order valence-electron chi connectivity index (χ1n) is 7.87. The van der Waals surface area contributed by atoms with Crippen LogP contribution in [0.1, 0.15) is 27.2 Å². The lowest BCUT2D eigenvalue weighted by molar-refractivity contribution is 0.101. The zero-order valence-electron chi connectivity index (χ0n) is 14.1. The summed E-state index contributed by atoms with van der Waals surface area (Å²) >= 11 is 0. The fourth-order valence-corrected chi connectivity index (χ4v) is 2.35. The Morgan fingerprint density at radius 1 is 1.04 bits per heavy atom. The summed E-state index contributed by atoms with van der Waals surface area (Å²) in [5.74, 6) is 0.0303. The van der Waals surface area contributed by atoms with Crippen LogP contribution in [0.4, 0.5) is 5.82 Å². The molecule has 0 bridgehead atoms. The van der Waals surface area contributed by atoms with Gasteiger partial charge in [-0.15, -0.1) is 0 Å². The fourth-order valence-electron chi connectivity index (χ4n) is 2.35. The van der Waals surface area contributed by atoms with Gasteiger partial charge in [0, 0.05) is 19.3 Å². The fraction of sp³-hybridized carbons (Fsp3) is 0.158. The molecule has 3 rings (SSSR count). The number of aryl methyl sites for hydroxylation is 2. The molecule has 25 heavy (non-hydrogen) atoms. The van der Waals surface area contributed by atoms with Crippen LogP contribution in [-0.4, -0.2) is 20.7 Å². The van der Waals surface area contributed by atoms with E-state index >= 15 is 0 Å². The Morgan fingerprint density at radius 3 is 2.40 bits per heavy atom. The highest BCUT2D eigenvalue weighted by molar-refractivity contribution is 6.02. The van der Waals surface area contributed by atoms with Crippen molar-refractivity contribution in [3.05, 3.63) is 87.5 Å². The molecule has 6 nitrogen and oxygen atoms in total. The molecule has 1 amide bonds. The first-order chi connectivity index (χ1) is 12.0. The van der Waals surface area contributed by atoms with E-state index in [1.807, 2.05) is 6.07 Å². The van der Waals surface area contributed by atoms with E-state index in [1.54, 1.807) is 12.3 Å². The third-order valence-electron chi connectivity index (χ3n) is 3.79. The quantitative estimate of drug-likeness (QED) is 0.794. The van der Waals surface area contributed by atoms with Gasteiger partial charge in [0.05, 0.1) is 0 Å². The van der Waals surface area contributed by atoms with Crippen LogP contribution in [0.15, 0.2) is 59.5 Å². The van der Waals surface area contributed by atoms with Gasteiger partial charge < -0.3 is 5.32 Å². The van der Waals surface area contributed by atoms with E-state index < -0.39 is 5.91 Å². The number of hydrogen-bond donors (Lipinski definition) is 1. The van der Waals surface area contributed by atoms with Crippen molar-refractivity contribution in [3.8, 4) is 0 Å². The Bertz CT molecular complexity index is 944. The maximum absolute atomic E-state index is 12.2. The lowest BCUT2D eigenvalue weighted by Crippen LogP contribution is -2.23. The smallest absolute Gasteiger partial charge is 0.277 e. The molecule has 0 saturated carbocycles. The molecule has 126 valence electrons. The third-order valence-corrected chi connectivity index (χ3v) is 3.79. The number of rotatable bonds is 4. The number of benzene rings is 1. The minimum atomic E-state index is -0.408. The number of nitrogens with one attached hydrogen (secondary N) is 1. The van der Waals surface area contributed by atoms with Crippen molar-refractivity contribution >= 4 is 11.7 Å². The molecule has 0 aliphatic carbocycles. The van der Waals surface area contributed by atoms with Gasteiger partial charge in [-0.1, -0.05) is 35.9 Å². The van der Waals surface area contributed by atoms with E-state index in [2.05, 4.69) is 46.6 Å². The molecule has 0 aliphatic rings. The van der Waals surface area contributed by atoms with Crippen molar-refractivity contribution in [2.75, 3.05) is 5.32 Å². The van der Waals surface area contributed by atoms with E-state index in [9.17, 15) is 9.59 Å². The maximum Gasteiger partial charge on any atom is 0.277 e. The molecule has 6 heteroatoms. The van der Waals surface area contributed by atoms with Crippen molar-refractivity contribution in [3.63, 3.8) is 0 Å². The number of anilines is 1. The van der Waals surface area contributed by atoms with Crippen molar-refractivity contribution in [1.29, 1.82) is 0 Å². The minimum absolute atomic E-state index is 0.160. The number of amides is 1. The highest BCUT2D eigenvalue weighted by Gasteiger charge is 2.09. The maximum atomic E-state index is 12.2. The SMILES string of the molecule is Cc1ccc(Cc2ccc(NC(=O)c3ccc(=O)n(C)n3)nc2)cc1. The van der Waals surface area contributed by atoms with Crippen molar-refractivity contribution in [1.82, 2.24) is 14.8 Å². The number of nitrogens with zero attached hydrogens (tertiary/aromatic N) is 3. The van der Waals surface area contributed by atoms with E-state index in [0.717, 1.165) is 16.7 Å². The highest BCUT2D eigenvalue weighted by Crippen LogP contribution is 2.12. The van der Waals surface area contributed by atoms with Gasteiger partial charge in [-0.25, -0.2) is 9.67 Å². The molecular weight excluding hydrogens is 316 g/mol. The summed E-state index contributed by atoms with van der Waals surface area (Å²) in [6.45, 7) is 2.06. The van der Waals surface area contributed by atoms with E-state index in [1.165, 1.54) is 30.3 Å². The van der Waals surface area contributed by atoms with Gasteiger partial charge in [-0.3, -0.25) is 9.59 Å². The molecule has 0 spiro atoms. The molecule has 3 aromatic rings. The number of pyridine rings is 1. The largest absolute Gasteiger partial charge is 0.305 e. The van der Waals surface area contributed by atoms with Gasteiger partial charge in [0.2, 0.25) is 0 Å². The zero-order valence-corrected chi connectivity index (χ0v) is 14.1.